The molecule has 0 aromatic heterocycles. The van der Waals surface area contributed by atoms with E-state index in [1.165, 1.54) is 12.1 Å². The Labute approximate surface area is 121 Å². The second kappa shape index (κ2) is 6.01. The molecule has 0 spiro atoms. The van der Waals surface area contributed by atoms with Crippen molar-refractivity contribution in [3.8, 4) is 5.75 Å². The summed E-state index contributed by atoms with van der Waals surface area (Å²) < 4.78 is 5.55. The fraction of sp³-hybridized carbons (Fsp3) is 0.429. The molecule has 21 heavy (non-hydrogen) atoms. The number of aromatic hydroxyl groups is 1. The summed E-state index contributed by atoms with van der Waals surface area (Å²) in [7, 11) is 0. The summed E-state index contributed by atoms with van der Waals surface area (Å²) >= 11 is 0. The van der Waals surface area contributed by atoms with Crippen molar-refractivity contribution in [2.45, 2.75) is 25.4 Å². The minimum atomic E-state index is -1.23. The zero-order valence-corrected chi connectivity index (χ0v) is 11.7. The molecule has 2 amide bonds. The van der Waals surface area contributed by atoms with Gasteiger partial charge < -0.3 is 25.6 Å². The highest BCUT2D eigenvalue weighted by atomic mass is 16.5. The number of nitrogens with one attached hydrogen (secondary N) is 2. The first-order chi connectivity index (χ1) is 9.89. The van der Waals surface area contributed by atoms with Gasteiger partial charge in [0.1, 0.15) is 5.75 Å². The van der Waals surface area contributed by atoms with Gasteiger partial charge in [-0.05, 0) is 38.0 Å². The third-order valence-electron chi connectivity index (χ3n) is 3.41. The first kappa shape index (κ1) is 15.1. The molecule has 0 bridgehead atoms. The van der Waals surface area contributed by atoms with Crippen molar-refractivity contribution in [3.63, 3.8) is 0 Å². The number of carboxylic acids is 1. The number of hydrogen-bond acceptors (Lipinski definition) is 4. The van der Waals surface area contributed by atoms with Gasteiger partial charge in [-0.1, -0.05) is 0 Å². The Balaban J connectivity index is 1.98. The minimum absolute atomic E-state index is 0.121. The number of carbonyl (C=O) groups excluding carboxylic acids is 1. The number of phenolic OH excluding ortho intramolecular Hbond substituents is 1. The van der Waals surface area contributed by atoms with Crippen molar-refractivity contribution in [2.24, 2.45) is 0 Å². The Bertz CT molecular complexity index is 552. The van der Waals surface area contributed by atoms with Crippen LogP contribution in [0.4, 0.5) is 10.5 Å². The van der Waals surface area contributed by atoms with E-state index in [9.17, 15) is 14.7 Å². The lowest BCUT2D eigenvalue weighted by Crippen LogP contribution is -2.42. The predicted molar refractivity (Wildman–Crippen MR) is 75.7 cm³/mol. The van der Waals surface area contributed by atoms with Gasteiger partial charge in [0.15, 0.2) is 0 Å². The molecule has 114 valence electrons. The topological polar surface area (TPSA) is 108 Å². The molecule has 1 unspecified atom stereocenters. The maximum atomic E-state index is 11.8. The number of carboxylic acid groups (broad SMARTS) is 1. The number of hydrogen-bond donors (Lipinski definition) is 4. The quantitative estimate of drug-likeness (QED) is 0.633. The van der Waals surface area contributed by atoms with E-state index >= 15 is 0 Å². The van der Waals surface area contributed by atoms with E-state index in [1.807, 2.05) is 6.92 Å². The molecule has 1 aliphatic rings. The highest BCUT2D eigenvalue weighted by Gasteiger charge is 2.30. The summed E-state index contributed by atoms with van der Waals surface area (Å²) in [5, 5.41) is 23.5. The lowest BCUT2D eigenvalue weighted by molar-refractivity contribution is 0.0232. The van der Waals surface area contributed by atoms with Crippen molar-refractivity contribution in [1.29, 1.82) is 0 Å². The number of rotatable bonds is 4. The number of benzene rings is 1. The van der Waals surface area contributed by atoms with Crippen LogP contribution < -0.4 is 10.6 Å². The van der Waals surface area contributed by atoms with E-state index in [0.29, 0.717) is 13.2 Å². The van der Waals surface area contributed by atoms with Crippen LogP contribution in [0.15, 0.2) is 18.2 Å². The van der Waals surface area contributed by atoms with Crippen LogP contribution in [0.1, 0.15) is 30.1 Å². The van der Waals surface area contributed by atoms with Crippen LogP contribution in [0.25, 0.3) is 0 Å². The average Bonchev–Trinajstić information content (AvgIpc) is 2.86. The first-order valence-corrected chi connectivity index (χ1v) is 6.65. The van der Waals surface area contributed by atoms with Gasteiger partial charge >= 0.3 is 12.0 Å². The lowest BCUT2D eigenvalue weighted by atomic mass is 10.0. The Kier molecular flexibility index (Phi) is 4.32. The Hall–Kier alpha value is -2.28. The van der Waals surface area contributed by atoms with Gasteiger partial charge in [0.05, 0.1) is 16.9 Å². The van der Waals surface area contributed by atoms with Crippen LogP contribution in [0.3, 0.4) is 0 Å². The third-order valence-corrected chi connectivity index (χ3v) is 3.41. The van der Waals surface area contributed by atoms with Crippen LogP contribution in [0, 0.1) is 0 Å². The van der Waals surface area contributed by atoms with E-state index < -0.39 is 12.0 Å². The summed E-state index contributed by atoms with van der Waals surface area (Å²) in [6.07, 6.45) is 1.83. The molecule has 4 N–H and O–H groups in total. The summed E-state index contributed by atoms with van der Waals surface area (Å²) in [5.41, 5.74) is -0.425. The largest absolute Gasteiger partial charge is 0.508 e. The Morgan fingerprint density at radius 3 is 2.81 bits per heavy atom. The third kappa shape index (κ3) is 3.85. The zero-order chi connectivity index (χ0) is 15.5. The molecule has 1 heterocycles. The monoisotopic (exact) mass is 294 g/mol. The molecule has 1 saturated heterocycles. The molecule has 7 nitrogen and oxygen atoms in total. The van der Waals surface area contributed by atoms with Crippen LogP contribution in [-0.2, 0) is 4.74 Å². The fourth-order valence-electron chi connectivity index (χ4n) is 2.23. The highest BCUT2D eigenvalue weighted by Crippen LogP contribution is 2.24. The van der Waals surface area contributed by atoms with Gasteiger partial charge in [-0.25, -0.2) is 9.59 Å². The van der Waals surface area contributed by atoms with Crippen LogP contribution in [-0.4, -0.2) is 41.0 Å². The van der Waals surface area contributed by atoms with E-state index in [-0.39, 0.29) is 22.6 Å². The molecule has 1 atom stereocenters. The number of aromatic carboxylic acids is 1. The molecule has 1 aromatic rings. The number of carbonyl (C=O) groups is 2. The van der Waals surface area contributed by atoms with E-state index in [0.717, 1.165) is 18.9 Å². The Morgan fingerprint density at radius 2 is 2.19 bits per heavy atom. The molecule has 2 rings (SSSR count). The first-order valence-electron chi connectivity index (χ1n) is 6.65. The molecule has 1 fully saturated rings. The lowest BCUT2D eigenvalue weighted by Gasteiger charge is -2.23. The Morgan fingerprint density at radius 1 is 1.43 bits per heavy atom. The van der Waals surface area contributed by atoms with Crippen molar-refractivity contribution < 1.29 is 24.5 Å². The summed E-state index contributed by atoms with van der Waals surface area (Å²) in [4.78, 5) is 22.9. The molecule has 1 aromatic carbocycles. The standard InChI is InChI=1S/C14H18N2O5/c1-14(5-2-6-21-14)8-15-13(20)16-11-4-3-9(17)7-10(11)12(18)19/h3-4,7,17H,2,5-6,8H2,1H3,(H,18,19)(H2,15,16,20). The number of ether oxygens (including phenoxy) is 1. The van der Waals surface area contributed by atoms with Gasteiger partial charge in [0, 0.05) is 13.2 Å². The highest BCUT2D eigenvalue weighted by molar-refractivity contribution is 6.00. The van der Waals surface area contributed by atoms with Crippen molar-refractivity contribution in [1.82, 2.24) is 5.32 Å². The van der Waals surface area contributed by atoms with E-state index in [2.05, 4.69) is 10.6 Å². The molecular formula is C14H18N2O5. The summed E-state index contributed by atoms with van der Waals surface area (Å²) in [6.45, 7) is 2.95. The van der Waals surface area contributed by atoms with Gasteiger partial charge in [-0.15, -0.1) is 0 Å². The maximum absolute atomic E-state index is 11.8. The SMILES string of the molecule is CC1(CNC(=O)Nc2ccc(O)cc2C(=O)O)CCCO1. The summed E-state index contributed by atoms with van der Waals surface area (Å²) in [5.74, 6) is -1.41. The van der Waals surface area contributed by atoms with E-state index in [4.69, 9.17) is 9.84 Å². The van der Waals surface area contributed by atoms with Gasteiger partial charge in [0.25, 0.3) is 0 Å². The van der Waals surface area contributed by atoms with E-state index in [1.54, 1.807) is 0 Å². The molecule has 1 aliphatic heterocycles. The number of phenols is 1. The molecular weight excluding hydrogens is 276 g/mol. The van der Waals surface area contributed by atoms with Crippen molar-refractivity contribution >= 4 is 17.7 Å². The second-order valence-corrected chi connectivity index (χ2v) is 5.24. The second-order valence-electron chi connectivity index (χ2n) is 5.24. The normalized spacial score (nSPS) is 21.0. The van der Waals surface area contributed by atoms with Gasteiger partial charge in [-0.2, -0.15) is 0 Å². The average molecular weight is 294 g/mol. The minimum Gasteiger partial charge on any atom is -0.508 e. The molecule has 0 saturated carbocycles. The van der Waals surface area contributed by atoms with Crippen LogP contribution in [0.5, 0.6) is 5.75 Å². The van der Waals surface area contributed by atoms with Gasteiger partial charge in [-0.3, -0.25) is 0 Å². The predicted octanol–water partition coefficient (Wildman–Crippen LogP) is 1.78. The summed E-state index contributed by atoms with van der Waals surface area (Å²) in [6, 6.07) is 3.22. The molecule has 0 radical (unpaired) electrons. The molecule has 7 heteroatoms. The fourth-order valence-corrected chi connectivity index (χ4v) is 2.23. The number of amides is 2. The number of anilines is 1. The maximum Gasteiger partial charge on any atom is 0.337 e. The number of urea groups is 1. The molecule has 0 aliphatic carbocycles. The van der Waals surface area contributed by atoms with Crippen molar-refractivity contribution in [2.75, 3.05) is 18.5 Å². The zero-order valence-electron chi connectivity index (χ0n) is 11.7. The van der Waals surface area contributed by atoms with Crippen LogP contribution >= 0.6 is 0 Å². The smallest absolute Gasteiger partial charge is 0.337 e. The van der Waals surface area contributed by atoms with Crippen LogP contribution in [0.2, 0.25) is 0 Å². The van der Waals surface area contributed by atoms with Gasteiger partial charge in [0.2, 0.25) is 0 Å². The van der Waals surface area contributed by atoms with Crippen molar-refractivity contribution in [3.05, 3.63) is 23.8 Å².